The maximum atomic E-state index is 10.8. The summed E-state index contributed by atoms with van der Waals surface area (Å²) in [4.78, 5) is 14.6. The lowest BCUT2D eigenvalue weighted by molar-refractivity contribution is -0.385. The molecular weight excluding hydrogens is 298 g/mol. The van der Waals surface area contributed by atoms with Crippen LogP contribution in [-0.4, -0.2) is 9.91 Å². The minimum atomic E-state index is -0.393. The van der Waals surface area contributed by atoms with Gasteiger partial charge in [0, 0.05) is 28.0 Å². The predicted molar refractivity (Wildman–Crippen MR) is 73.1 cm³/mol. The number of nitro benzene ring substituents is 1. The van der Waals surface area contributed by atoms with Crippen molar-refractivity contribution in [2.45, 2.75) is 6.92 Å². The highest BCUT2D eigenvalue weighted by molar-refractivity contribution is 9.10. The van der Waals surface area contributed by atoms with Crippen LogP contribution in [0.2, 0.25) is 0 Å². The Morgan fingerprint density at radius 3 is 2.72 bits per heavy atom. The molecule has 0 fully saturated rings. The van der Waals surface area contributed by atoms with Crippen LogP contribution in [-0.2, 0) is 0 Å². The number of aromatic nitrogens is 1. The molecule has 1 aromatic carbocycles. The van der Waals surface area contributed by atoms with E-state index in [1.165, 1.54) is 6.07 Å². The molecule has 0 amide bonds. The highest BCUT2D eigenvalue weighted by Gasteiger charge is 2.11. The number of rotatable bonds is 3. The van der Waals surface area contributed by atoms with Crippen LogP contribution >= 0.6 is 15.9 Å². The van der Waals surface area contributed by atoms with Gasteiger partial charge < -0.3 is 5.32 Å². The summed E-state index contributed by atoms with van der Waals surface area (Å²) in [7, 11) is 0. The summed E-state index contributed by atoms with van der Waals surface area (Å²) in [6.45, 7) is 1.71. The monoisotopic (exact) mass is 307 g/mol. The molecule has 6 heteroatoms. The zero-order valence-corrected chi connectivity index (χ0v) is 11.1. The van der Waals surface area contributed by atoms with Crippen LogP contribution in [0.1, 0.15) is 5.56 Å². The summed E-state index contributed by atoms with van der Waals surface area (Å²) in [5.74, 6) is 0.636. The van der Waals surface area contributed by atoms with Gasteiger partial charge in [-0.1, -0.05) is 6.07 Å². The summed E-state index contributed by atoms with van der Waals surface area (Å²) in [5, 5.41) is 13.8. The Kier molecular flexibility index (Phi) is 3.57. The second-order valence-corrected chi connectivity index (χ2v) is 4.66. The number of hydrogen-bond acceptors (Lipinski definition) is 4. The van der Waals surface area contributed by atoms with Crippen LogP contribution in [0.25, 0.3) is 0 Å². The van der Waals surface area contributed by atoms with Crippen molar-refractivity contribution in [2.24, 2.45) is 0 Å². The van der Waals surface area contributed by atoms with Gasteiger partial charge in [-0.3, -0.25) is 10.1 Å². The molecule has 0 radical (unpaired) electrons. The Balaban J connectivity index is 2.27. The molecule has 0 aliphatic rings. The molecule has 0 bridgehead atoms. The van der Waals surface area contributed by atoms with Gasteiger partial charge in [-0.15, -0.1) is 0 Å². The van der Waals surface area contributed by atoms with Gasteiger partial charge in [0.15, 0.2) is 0 Å². The molecule has 18 heavy (non-hydrogen) atoms. The molecule has 0 aliphatic heterocycles. The van der Waals surface area contributed by atoms with E-state index in [0.717, 1.165) is 4.47 Å². The quantitative estimate of drug-likeness (QED) is 0.691. The number of hydrogen-bond donors (Lipinski definition) is 1. The van der Waals surface area contributed by atoms with Crippen LogP contribution in [0.15, 0.2) is 41.0 Å². The third-order valence-corrected chi connectivity index (χ3v) is 2.87. The summed E-state index contributed by atoms with van der Waals surface area (Å²) in [5.41, 5.74) is 1.37. The lowest BCUT2D eigenvalue weighted by atomic mass is 10.2. The van der Waals surface area contributed by atoms with Gasteiger partial charge in [-0.25, -0.2) is 4.98 Å². The standard InChI is InChI=1S/C12H10BrN3O2/c1-8-2-4-10(6-11(8)16(17)18)15-12-5-3-9(13)7-14-12/h2-7H,1H3,(H,14,15). The van der Waals surface area contributed by atoms with E-state index < -0.39 is 4.92 Å². The second kappa shape index (κ2) is 5.14. The Morgan fingerprint density at radius 1 is 1.33 bits per heavy atom. The number of halogens is 1. The number of nitro groups is 1. The predicted octanol–water partition coefficient (Wildman–Crippen LogP) is 3.80. The molecule has 0 aliphatic carbocycles. The van der Waals surface area contributed by atoms with Gasteiger partial charge in [0.1, 0.15) is 5.82 Å². The van der Waals surface area contributed by atoms with E-state index in [9.17, 15) is 10.1 Å². The first kappa shape index (κ1) is 12.5. The minimum Gasteiger partial charge on any atom is -0.340 e. The molecule has 2 rings (SSSR count). The molecule has 1 heterocycles. The molecule has 92 valence electrons. The first-order valence-electron chi connectivity index (χ1n) is 5.20. The van der Waals surface area contributed by atoms with Crippen molar-refractivity contribution in [3.8, 4) is 0 Å². The SMILES string of the molecule is Cc1ccc(Nc2ccc(Br)cn2)cc1[N+](=O)[O-]. The first-order valence-corrected chi connectivity index (χ1v) is 5.99. The van der Waals surface area contributed by atoms with E-state index in [-0.39, 0.29) is 5.69 Å². The van der Waals surface area contributed by atoms with Gasteiger partial charge in [-0.2, -0.15) is 0 Å². The van der Waals surface area contributed by atoms with Crippen molar-refractivity contribution < 1.29 is 4.92 Å². The van der Waals surface area contributed by atoms with E-state index >= 15 is 0 Å². The summed E-state index contributed by atoms with van der Waals surface area (Å²) < 4.78 is 0.878. The summed E-state index contributed by atoms with van der Waals surface area (Å²) in [6, 6.07) is 8.62. The van der Waals surface area contributed by atoms with Gasteiger partial charge in [0.05, 0.1) is 4.92 Å². The number of nitrogens with zero attached hydrogens (tertiary/aromatic N) is 2. The fourth-order valence-electron chi connectivity index (χ4n) is 1.48. The average Bonchev–Trinajstić information content (AvgIpc) is 2.34. The Labute approximate surface area is 112 Å². The molecule has 0 spiro atoms. The first-order chi connectivity index (χ1) is 8.56. The second-order valence-electron chi connectivity index (χ2n) is 3.75. The average molecular weight is 308 g/mol. The highest BCUT2D eigenvalue weighted by atomic mass is 79.9. The summed E-state index contributed by atoms with van der Waals surface area (Å²) >= 11 is 3.29. The van der Waals surface area contributed by atoms with Crippen molar-refractivity contribution in [2.75, 3.05) is 5.32 Å². The van der Waals surface area contributed by atoms with E-state index in [1.807, 2.05) is 6.07 Å². The van der Waals surface area contributed by atoms with Gasteiger partial charge in [0.25, 0.3) is 5.69 Å². The van der Waals surface area contributed by atoms with Gasteiger partial charge >= 0.3 is 0 Å². The lowest BCUT2D eigenvalue weighted by Crippen LogP contribution is -1.96. The molecule has 0 saturated carbocycles. The van der Waals surface area contributed by atoms with E-state index in [2.05, 4.69) is 26.2 Å². The van der Waals surface area contributed by atoms with Crippen molar-refractivity contribution in [3.05, 3.63) is 56.7 Å². The number of anilines is 2. The topological polar surface area (TPSA) is 68.1 Å². The fourth-order valence-corrected chi connectivity index (χ4v) is 1.72. The maximum Gasteiger partial charge on any atom is 0.274 e. The van der Waals surface area contributed by atoms with Crippen LogP contribution in [0.4, 0.5) is 17.2 Å². The normalized spacial score (nSPS) is 10.1. The van der Waals surface area contributed by atoms with Crippen molar-refractivity contribution in [1.82, 2.24) is 4.98 Å². The third kappa shape index (κ3) is 2.84. The number of aryl methyl sites for hydroxylation is 1. The van der Waals surface area contributed by atoms with Gasteiger partial charge in [0.2, 0.25) is 0 Å². The van der Waals surface area contributed by atoms with Crippen molar-refractivity contribution in [1.29, 1.82) is 0 Å². The smallest absolute Gasteiger partial charge is 0.274 e. The van der Waals surface area contributed by atoms with Crippen LogP contribution in [0.5, 0.6) is 0 Å². The molecule has 1 N–H and O–H groups in total. The number of pyridine rings is 1. The Hall–Kier alpha value is -1.95. The van der Waals surface area contributed by atoms with Crippen molar-refractivity contribution >= 4 is 33.1 Å². The Morgan fingerprint density at radius 2 is 2.11 bits per heavy atom. The zero-order valence-electron chi connectivity index (χ0n) is 9.55. The molecule has 0 saturated heterocycles. The molecule has 0 atom stereocenters. The molecule has 5 nitrogen and oxygen atoms in total. The van der Waals surface area contributed by atoms with Gasteiger partial charge in [-0.05, 0) is 41.1 Å². The van der Waals surface area contributed by atoms with Crippen molar-refractivity contribution in [3.63, 3.8) is 0 Å². The molecule has 1 aromatic heterocycles. The third-order valence-electron chi connectivity index (χ3n) is 2.41. The van der Waals surface area contributed by atoms with Crippen LogP contribution in [0, 0.1) is 17.0 Å². The maximum absolute atomic E-state index is 10.8. The highest BCUT2D eigenvalue weighted by Crippen LogP contribution is 2.24. The fraction of sp³-hybridized carbons (Fsp3) is 0.0833. The number of nitrogens with one attached hydrogen (secondary N) is 1. The van der Waals surface area contributed by atoms with Crippen LogP contribution < -0.4 is 5.32 Å². The lowest BCUT2D eigenvalue weighted by Gasteiger charge is -2.06. The zero-order chi connectivity index (χ0) is 13.1. The largest absolute Gasteiger partial charge is 0.340 e. The van der Waals surface area contributed by atoms with E-state index in [4.69, 9.17) is 0 Å². The van der Waals surface area contributed by atoms with Crippen LogP contribution in [0.3, 0.4) is 0 Å². The molecular formula is C12H10BrN3O2. The summed E-state index contributed by atoms with van der Waals surface area (Å²) in [6.07, 6.45) is 1.66. The molecule has 2 aromatic rings. The molecule has 0 unspecified atom stereocenters. The Bertz CT molecular complexity index is 584. The van der Waals surface area contributed by atoms with E-state index in [0.29, 0.717) is 17.1 Å². The minimum absolute atomic E-state index is 0.0945. The number of benzene rings is 1. The van der Waals surface area contributed by atoms with E-state index in [1.54, 1.807) is 31.3 Å².